The van der Waals surface area contributed by atoms with Gasteiger partial charge in [-0.15, -0.1) is 0 Å². The normalized spacial score (nSPS) is 15.9. The fourth-order valence-corrected chi connectivity index (χ4v) is 2.66. The van der Waals surface area contributed by atoms with Gasteiger partial charge in [0.25, 0.3) is 0 Å². The molecule has 5 nitrogen and oxygen atoms in total. The van der Waals surface area contributed by atoms with Crippen molar-refractivity contribution in [2.45, 2.75) is 6.92 Å². The average molecular weight is 318 g/mol. The van der Waals surface area contributed by atoms with Crippen molar-refractivity contribution >= 4 is 29.1 Å². The zero-order valence-corrected chi connectivity index (χ0v) is 13.6. The van der Waals surface area contributed by atoms with E-state index in [4.69, 9.17) is 11.6 Å². The second-order valence-electron chi connectivity index (χ2n) is 5.57. The summed E-state index contributed by atoms with van der Waals surface area (Å²) in [4.78, 5) is 13.6. The molecule has 2 heterocycles. The number of nitrogens with zero attached hydrogens (tertiary/aromatic N) is 4. The highest BCUT2D eigenvalue weighted by molar-refractivity contribution is 6.31. The zero-order valence-electron chi connectivity index (χ0n) is 12.9. The van der Waals surface area contributed by atoms with E-state index in [1.165, 1.54) is 0 Å². The molecule has 3 rings (SSSR count). The van der Waals surface area contributed by atoms with Crippen LogP contribution in [-0.4, -0.2) is 48.1 Å². The van der Waals surface area contributed by atoms with Crippen LogP contribution >= 0.6 is 11.6 Å². The first-order valence-corrected chi connectivity index (χ1v) is 7.80. The molecule has 0 radical (unpaired) electrons. The van der Waals surface area contributed by atoms with Crippen LogP contribution in [0.4, 0.5) is 17.5 Å². The SMILES string of the molecule is Cc1c(Cl)cccc1Nc1nccc(N2CCN(C)CC2)n1. The molecule has 1 N–H and O–H groups in total. The Morgan fingerprint density at radius 2 is 1.91 bits per heavy atom. The monoisotopic (exact) mass is 317 g/mol. The fourth-order valence-electron chi connectivity index (χ4n) is 2.48. The summed E-state index contributed by atoms with van der Waals surface area (Å²) in [7, 11) is 2.15. The highest BCUT2D eigenvalue weighted by Gasteiger charge is 2.15. The topological polar surface area (TPSA) is 44.3 Å². The Balaban J connectivity index is 1.78. The van der Waals surface area contributed by atoms with Crippen LogP contribution in [0.5, 0.6) is 0 Å². The quantitative estimate of drug-likeness (QED) is 0.943. The van der Waals surface area contributed by atoms with E-state index in [0.29, 0.717) is 5.95 Å². The lowest BCUT2D eigenvalue weighted by atomic mass is 10.2. The molecule has 0 aliphatic carbocycles. The van der Waals surface area contributed by atoms with Crippen molar-refractivity contribution in [3.8, 4) is 0 Å². The van der Waals surface area contributed by atoms with Gasteiger partial charge in [-0.05, 0) is 37.7 Å². The van der Waals surface area contributed by atoms with Crippen molar-refractivity contribution in [1.29, 1.82) is 0 Å². The molecule has 1 aromatic carbocycles. The zero-order chi connectivity index (χ0) is 15.5. The molecule has 1 saturated heterocycles. The Morgan fingerprint density at radius 3 is 2.68 bits per heavy atom. The summed E-state index contributed by atoms with van der Waals surface area (Å²) in [6.45, 7) is 6.07. The molecule has 2 aromatic rings. The lowest BCUT2D eigenvalue weighted by Gasteiger charge is -2.33. The van der Waals surface area contributed by atoms with Crippen LogP contribution < -0.4 is 10.2 Å². The maximum absolute atomic E-state index is 6.15. The third-order valence-corrected chi connectivity index (χ3v) is 4.39. The van der Waals surface area contributed by atoms with E-state index < -0.39 is 0 Å². The molecule has 0 spiro atoms. The van der Waals surface area contributed by atoms with Gasteiger partial charge < -0.3 is 15.1 Å². The minimum absolute atomic E-state index is 0.599. The summed E-state index contributed by atoms with van der Waals surface area (Å²) in [5.74, 6) is 1.56. The molecule has 1 aromatic heterocycles. The van der Waals surface area contributed by atoms with Crippen molar-refractivity contribution in [2.75, 3.05) is 43.4 Å². The smallest absolute Gasteiger partial charge is 0.229 e. The minimum Gasteiger partial charge on any atom is -0.354 e. The summed E-state index contributed by atoms with van der Waals surface area (Å²) in [5, 5.41) is 3.99. The second-order valence-corrected chi connectivity index (χ2v) is 5.97. The lowest BCUT2D eigenvalue weighted by Crippen LogP contribution is -2.44. The van der Waals surface area contributed by atoms with Crippen molar-refractivity contribution in [3.63, 3.8) is 0 Å². The standard InChI is InChI=1S/C16H20ClN5/c1-12-13(17)4-3-5-14(12)19-16-18-7-6-15(20-16)22-10-8-21(2)9-11-22/h3-7H,8-11H2,1-2H3,(H,18,19,20). The Bertz CT molecular complexity index is 653. The number of hydrogen-bond donors (Lipinski definition) is 1. The van der Waals surface area contributed by atoms with Crippen molar-refractivity contribution in [1.82, 2.24) is 14.9 Å². The Kier molecular flexibility index (Phi) is 4.45. The van der Waals surface area contributed by atoms with Crippen LogP contribution in [0.3, 0.4) is 0 Å². The molecule has 0 saturated carbocycles. The summed E-state index contributed by atoms with van der Waals surface area (Å²) in [5.41, 5.74) is 1.93. The molecular formula is C16H20ClN5. The number of halogens is 1. The molecule has 22 heavy (non-hydrogen) atoms. The van der Waals surface area contributed by atoms with Gasteiger partial charge in [0.05, 0.1) is 0 Å². The highest BCUT2D eigenvalue weighted by Crippen LogP contribution is 2.25. The molecule has 0 unspecified atom stereocenters. The number of rotatable bonds is 3. The maximum atomic E-state index is 6.15. The number of likely N-dealkylation sites (N-methyl/N-ethyl adjacent to an activating group) is 1. The lowest BCUT2D eigenvalue weighted by molar-refractivity contribution is 0.312. The molecule has 0 bridgehead atoms. The highest BCUT2D eigenvalue weighted by atomic mass is 35.5. The van der Waals surface area contributed by atoms with Crippen LogP contribution in [0, 0.1) is 6.92 Å². The van der Waals surface area contributed by atoms with E-state index in [1.54, 1.807) is 6.20 Å². The van der Waals surface area contributed by atoms with E-state index in [1.807, 2.05) is 31.2 Å². The molecule has 1 aliphatic heterocycles. The van der Waals surface area contributed by atoms with E-state index in [2.05, 4.69) is 32.1 Å². The second kappa shape index (κ2) is 6.50. The van der Waals surface area contributed by atoms with E-state index in [9.17, 15) is 0 Å². The molecule has 1 aliphatic rings. The molecule has 0 amide bonds. The summed E-state index contributed by atoms with van der Waals surface area (Å²) in [6.07, 6.45) is 1.79. The van der Waals surface area contributed by atoms with Crippen LogP contribution in [0.1, 0.15) is 5.56 Å². The van der Waals surface area contributed by atoms with Crippen molar-refractivity contribution < 1.29 is 0 Å². The van der Waals surface area contributed by atoms with E-state index in [0.717, 1.165) is 48.3 Å². The van der Waals surface area contributed by atoms with Crippen LogP contribution in [0.15, 0.2) is 30.5 Å². The fraction of sp³-hybridized carbons (Fsp3) is 0.375. The van der Waals surface area contributed by atoms with Crippen molar-refractivity contribution in [2.24, 2.45) is 0 Å². The van der Waals surface area contributed by atoms with Gasteiger partial charge in [0, 0.05) is 43.1 Å². The number of aromatic nitrogens is 2. The predicted octanol–water partition coefficient (Wildman–Crippen LogP) is 2.93. The minimum atomic E-state index is 0.599. The molecule has 0 atom stereocenters. The summed E-state index contributed by atoms with van der Waals surface area (Å²) in [6, 6.07) is 7.74. The number of piperazine rings is 1. The number of nitrogens with one attached hydrogen (secondary N) is 1. The van der Waals surface area contributed by atoms with Gasteiger partial charge in [0.2, 0.25) is 5.95 Å². The van der Waals surface area contributed by atoms with Crippen LogP contribution in [0.2, 0.25) is 5.02 Å². The van der Waals surface area contributed by atoms with Gasteiger partial charge in [0.15, 0.2) is 0 Å². The predicted molar refractivity (Wildman–Crippen MR) is 91.2 cm³/mol. The van der Waals surface area contributed by atoms with Crippen molar-refractivity contribution in [3.05, 3.63) is 41.0 Å². The number of anilines is 3. The molecular weight excluding hydrogens is 298 g/mol. The molecule has 6 heteroatoms. The van der Waals surface area contributed by atoms with Crippen LogP contribution in [0.25, 0.3) is 0 Å². The summed E-state index contributed by atoms with van der Waals surface area (Å²) >= 11 is 6.15. The molecule has 1 fully saturated rings. The van der Waals surface area contributed by atoms with Gasteiger partial charge in [-0.25, -0.2) is 4.98 Å². The first-order chi connectivity index (χ1) is 10.6. The summed E-state index contributed by atoms with van der Waals surface area (Å²) < 4.78 is 0. The number of hydrogen-bond acceptors (Lipinski definition) is 5. The van der Waals surface area contributed by atoms with Gasteiger partial charge in [-0.2, -0.15) is 4.98 Å². The van der Waals surface area contributed by atoms with Gasteiger partial charge in [-0.3, -0.25) is 0 Å². The van der Waals surface area contributed by atoms with Gasteiger partial charge >= 0.3 is 0 Å². The maximum Gasteiger partial charge on any atom is 0.229 e. The van der Waals surface area contributed by atoms with Crippen LogP contribution in [-0.2, 0) is 0 Å². The molecule has 116 valence electrons. The Labute approximate surface area is 135 Å². The Morgan fingerprint density at radius 1 is 1.14 bits per heavy atom. The van der Waals surface area contributed by atoms with Gasteiger partial charge in [0.1, 0.15) is 5.82 Å². The average Bonchev–Trinajstić information content (AvgIpc) is 2.53. The van der Waals surface area contributed by atoms with E-state index >= 15 is 0 Å². The Hall–Kier alpha value is -1.85. The third-order valence-electron chi connectivity index (χ3n) is 3.98. The van der Waals surface area contributed by atoms with E-state index in [-0.39, 0.29) is 0 Å². The number of benzene rings is 1. The first-order valence-electron chi connectivity index (χ1n) is 7.42. The largest absolute Gasteiger partial charge is 0.354 e. The first kappa shape index (κ1) is 15.1. The van der Waals surface area contributed by atoms with Gasteiger partial charge in [-0.1, -0.05) is 17.7 Å². The third kappa shape index (κ3) is 3.31.